The van der Waals surface area contributed by atoms with Crippen molar-refractivity contribution < 1.29 is 52.7 Å². The number of fused-ring (bicyclic) bond motifs is 6. The maximum absolute atomic E-state index is 14.6. The van der Waals surface area contributed by atoms with E-state index >= 15 is 0 Å². The van der Waals surface area contributed by atoms with E-state index in [9.17, 15) is 57.9 Å². The van der Waals surface area contributed by atoms with E-state index in [0.29, 0.717) is 89.4 Å². The van der Waals surface area contributed by atoms with Gasteiger partial charge >= 0.3 is 24.7 Å². The number of aromatic nitrogens is 2. The van der Waals surface area contributed by atoms with Gasteiger partial charge in [-0.3, -0.25) is 0 Å². The van der Waals surface area contributed by atoms with Crippen LogP contribution in [0.2, 0.25) is 0 Å². The Labute approximate surface area is 383 Å². The lowest BCUT2D eigenvalue weighted by Gasteiger charge is -2.22. The smallest absolute Gasteiger partial charge is 0.309 e. The molecule has 0 unspecified atom stereocenters. The van der Waals surface area contributed by atoms with E-state index in [1.165, 1.54) is 24.3 Å². The number of benzene rings is 8. The minimum absolute atomic E-state index is 0.0214. The number of nitriles is 1. The van der Waals surface area contributed by atoms with Crippen molar-refractivity contribution in [2.45, 2.75) is 31.6 Å². The molecular weight excluding hydrogens is 919 g/mol. The molecule has 0 N–H and O–H groups in total. The molecule has 15 heteroatoms. The van der Waals surface area contributed by atoms with Gasteiger partial charge in [-0.05, 0) is 107 Å². The molecule has 10 rings (SSSR count). The Balaban J connectivity index is 1.29. The maximum Gasteiger partial charge on any atom is 0.417 e. The fraction of sp³-hybridized carbons (Fsp3) is 0.0926. The molecule has 8 aromatic carbocycles. The monoisotopic (exact) mass is 947 g/mol. The number of halogens is 12. The lowest BCUT2D eigenvalue weighted by Crippen LogP contribution is -2.12. The van der Waals surface area contributed by atoms with Gasteiger partial charge in [-0.15, -0.1) is 0 Å². The fourth-order valence-electron chi connectivity index (χ4n) is 9.40. The van der Waals surface area contributed by atoms with E-state index in [4.69, 9.17) is 0 Å². The van der Waals surface area contributed by atoms with Gasteiger partial charge in [-0.1, -0.05) is 91.0 Å². The van der Waals surface area contributed by atoms with E-state index < -0.39 is 58.1 Å². The van der Waals surface area contributed by atoms with Gasteiger partial charge in [0.1, 0.15) is 0 Å². The van der Waals surface area contributed by atoms with Gasteiger partial charge in [0.05, 0.1) is 67.3 Å². The van der Waals surface area contributed by atoms with Crippen LogP contribution in [-0.2, 0) is 24.7 Å². The molecule has 0 spiro atoms. The van der Waals surface area contributed by atoms with Gasteiger partial charge < -0.3 is 9.13 Å². The van der Waals surface area contributed by atoms with Crippen LogP contribution in [-0.4, -0.2) is 9.13 Å². The standard InChI is InChI=1S/C54H29F12N3/c1-29-45(68-46-11-4-2-9-39(46)41-17-13-32(24-48(41)68)36-19-15-34(51(55,56)57)26-43(36)53(61,62)63)22-21-38(31-8-6-7-30(23-31)28-67)50(29)69-47-12-5-3-10-40(47)42-18-14-33(25-49(42)69)37-20-16-35(52(58,59)60)27-44(37)54(64,65)66/h2-27H,1H3. The van der Waals surface area contributed by atoms with Gasteiger partial charge in [0.15, 0.2) is 0 Å². The first-order valence-electron chi connectivity index (χ1n) is 20.9. The summed E-state index contributed by atoms with van der Waals surface area (Å²) in [7, 11) is 0. The summed E-state index contributed by atoms with van der Waals surface area (Å²) in [5.41, 5.74) is -2.08. The van der Waals surface area contributed by atoms with Crippen LogP contribution >= 0.6 is 0 Å². The zero-order valence-corrected chi connectivity index (χ0v) is 35.4. The van der Waals surface area contributed by atoms with Crippen molar-refractivity contribution in [1.29, 1.82) is 5.26 Å². The summed E-state index contributed by atoms with van der Waals surface area (Å²) < 4.78 is 174. The lowest BCUT2D eigenvalue weighted by molar-refractivity contribution is -0.144. The van der Waals surface area contributed by atoms with Gasteiger partial charge in [0.25, 0.3) is 0 Å². The number of nitrogens with zero attached hydrogens (tertiary/aromatic N) is 3. The second-order valence-electron chi connectivity index (χ2n) is 16.5. The first-order valence-corrected chi connectivity index (χ1v) is 20.9. The summed E-state index contributed by atoms with van der Waals surface area (Å²) >= 11 is 0. The molecule has 2 heterocycles. The molecule has 0 fully saturated rings. The fourth-order valence-corrected chi connectivity index (χ4v) is 9.40. The summed E-state index contributed by atoms with van der Waals surface area (Å²) in [5.74, 6) is 0. The lowest BCUT2D eigenvalue weighted by atomic mass is 9.95. The highest BCUT2D eigenvalue weighted by molar-refractivity contribution is 6.12. The van der Waals surface area contributed by atoms with E-state index in [-0.39, 0.29) is 23.3 Å². The first kappa shape index (κ1) is 44.8. The number of hydrogen-bond acceptors (Lipinski definition) is 1. The molecule has 0 radical (unpaired) electrons. The third-order valence-corrected chi connectivity index (χ3v) is 12.4. The summed E-state index contributed by atoms with van der Waals surface area (Å²) in [6.07, 6.45) is -20.4. The number of para-hydroxylation sites is 2. The van der Waals surface area contributed by atoms with Crippen molar-refractivity contribution in [1.82, 2.24) is 9.13 Å². The normalized spacial score (nSPS) is 12.7. The predicted molar refractivity (Wildman–Crippen MR) is 241 cm³/mol. The molecule has 0 amide bonds. The summed E-state index contributed by atoms with van der Waals surface area (Å²) in [4.78, 5) is 0. The van der Waals surface area contributed by atoms with Crippen molar-refractivity contribution in [3.05, 3.63) is 191 Å². The molecule has 10 aromatic rings. The Kier molecular flexibility index (Phi) is 10.3. The van der Waals surface area contributed by atoms with Crippen LogP contribution in [0.4, 0.5) is 52.7 Å². The van der Waals surface area contributed by atoms with Gasteiger partial charge in [-0.25, -0.2) is 0 Å². The summed E-state index contributed by atoms with van der Waals surface area (Å²) in [6, 6.07) is 38.6. The van der Waals surface area contributed by atoms with Crippen molar-refractivity contribution in [3.63, 3.8) is 0 Å². The molecule has 0 aliphatic rings. The van der Waals surface area contributed by atoms with E-state index in [1.54, 1.807) is 91.9 Å². The van der Waals surface area contributed by atoms with Gasteiger partial charge in [0, 0.05) is 27.1 Å². The Morgan fingerprint density at radius 3 is 1.33 bits per heavy atom. The third-order valence-electron chi connectivity index (χ3n) is 12.4. The second kappa shape index (κ2) is 15.8. The highest BCUT2D eigenvalue weighted by Gasteiger charge is 2.40. The number of rotatable bonds is 5. The summed E-state index contributed by atoms with van der Waals surface area (Å²) in [5, 5.41) is 12.5. The molecule has 0 bridgehead atoms. The zero-order chi connectivity index (χ0) is 48.9. The van der Waals surface area contributed by atoms with Crippen LogP contribution in [0.25, 0.3) is 88.4 Å². The zero-order valence-electron chi connectivity index (χ0n) is 35.4. The minimum atomic E-state index is -5.18. The first-order chi connectivity index (χ1) is 32.6. The van der Waals surface area contributed by atoms with E-state index in [2.05, 4.69) is 6.07 Å². The van der Waals surface area contributed by atoms with Crippen LogP contribution in [0.1, 0.15) is 33.4 Å². The van der Waals surface area contributed by atoms with Crippen molar-refractivity contribution in [2.24, 2.45) is 0 Å². The molecule has 0 aliphatic carbocycles. The molecule has 0 saturated carbocycles. The number of hydrogen-bond donors (Lipinski definition) is 0. The average molecular weight is 948 g/mol. The Morgan fingerprint density at radius 2 is 0.841 bits per heavy atom. The van der Waals surface area contributed by atoms with Crippen LogP contribution < -0.4 is 0 Å². The quantitative estimate of drug-likeness (QED) is 0.158. The molecule has 344 valence electrons. The van der Waals surface area contributed by atoms with Crippen molar-refractivity contribution in [3.8, 4) is 50.8 Å². The third kappa shape index (κ3) is 7.60. The largest absolute Gasteiger partial charge is 0.417 e. The van der Waals surface area contributed by atoms with Crippen molar-refractivity contribution in [2.75, 3.05) is 0 Å². The predicted octanol–water partition coefficient (Wildman–Crippen LogP) is 17.1. The van der Waals surface area contributed by atoms with Crippen LogP contribution in [0.15, 0.2) is 158 Å². The topological polar surface area (TPSA) is 33.6 Å². The molecular formula is C54H29F12N3. The highest BCUT2D eigenvalue weighted by Crippen LogP contribution is 2.47. The molecule has 0 aliphatic heterocycles. The Bertz CT molecular complexity index is 3760. The Morgan fingerprint density at radius 1 is 0.391 bits per heavy atom. The molecule has 3 nitrogen and oxygen atoms in total. The average Bonchev–Trinajstić information content (AvgIpc) is 3.81. The van der Waals surface area contributed by atoms with Gasteiger partial charge in [-0.2, -0.15) is 57.9 Å². The second-order valence-corrected chi connectivity index (χ2v) is 16.5. The molecule has 69 heavy (non-hydrogen) atoms. The Hall–Kier alpha value is -7.99. The molecule has 0 atom stereocenters. The van der Waals surface area contributed by atoms with Crippen LogP contribution in [0.3, 0.4) is 0 Å². The van der Waals surface area contributed by atoms with Crippen molar-refractivity contribution >= 4 is 43.6 Å². The number of alkyl halides is 12. The van der Waals surface area contributed by atoms with Gasteiger partial charge in [0.2, 0.25) is 0 Å². The highest BCUT2D eigenvalue weighted by atomic mass is 19.4. The van der Waals surface area contributed by atoms with Crippen LogP contribution in [0.5, 0.6) is 0 Å². The van der Waals surface area contributed by atoms with E-state index in [1.807, 2.05) is 21.3 Å². The van der Waals surface area contributed by atoms with E-state index in [0.717, 1.165) is 12.1 Å². The van der Waals surface area contributed by atoms with Crippen LogP contribution in [0, 0.1) is 18.3 Å². The minimum Gasteiger partial charge on any atom is -0.309 e. The molecule has 0 saturated heterocycles. The SMILES string of the molecule is Cc1c(-n2c3ccccc3c3ccc(-c4ccc(C(F)(F)F)cc4C(F)(F)F)cc32)ccc(-c2cccc(C#N)c2)c1-n1c2ccccc2c2ccc(-c3ccc(C(F)(F)F)cc3C(F)(F)F)cc21. The maximum atomic E-state index is 14.6. The molecule has 2 aromatic heterocycles. The summed E-state index contributed by atoms with van der Waals surface area (Å²) in [6.45, 7) is 1.78.